The Bertz CT molecular complexity index is 1110. The molecule has 1 aromatic heterocycles. The predicted octanol–water partition coefficient (Wildman–Crippen LogP) is -0.0491. The van der Waals surface area contributed by atoms with Crippen molar-refractivity contribution < 1.29 is 47.0 Å². The topological polar surface area (TPSA) is 171 Å². The van der Waals surface area contributed by atoms with Crippen molar-refractivity contribution in [3.8, 4) is 11.1 Å². The third-order valence-electron chi connectivity index (χ3n) is 4.51. The summed E-state index contributed by atoms with van der Waals surface area (Å²) in [7, 11) is -4.91. The first-order chi connectivity index (χ1) is 14.3. The highest BCUT2D eigenvalue weighted by Gasteiger charge is 2.45. The second-order valence-corrected chi connectivity index (χ2v) is 7.86. The van der Waals surface area contributed by atoms with Gasteiger partial charge in [-0.25, -0.2) is 9.36 Å². The van der Waals surface area contributed by atoms with Gasteiger partial charge < -0.3 is 24.7 Å². The molecule has 0 saturated carbocycles. The number of phosphoric acid groups is 1. The Balaban J connectivity index is 1.93. The zero-order valence-corrected chi connectivity index (χ0v) is 16.2. The monoisotopic (exact) mass is 468 g/mol. The van der Waals surface area contributed by atoms with E-state index in [9.17, 15) is 37.5 Å². The van der Waals surface area contributed by atoms with E-state index in [1.165, 1.54) is 0 Å². The van der Waals surface area contributed by atoms with E-state index < -0.39 is 62.0 Å². The number of nitrogens with one attached hydrogen (secondary N) is 1. The van der Waals surface area contributed by atoms with Crippen LogP contribution in [0.5, 0.6) is 0 Å². The van der Waals surface area contributed by atoms with Gasteiger partial charge in [0, 0.05) is 6.20 Å². The average molecular weight is 468 g/mol. The SMILES string of the molecule is O=c1[nH]c(=O)n([C@@H]2O[C@H](COP(=O)(O)O)[C@@H](O)[C@H]2O)cc1-c1ccc(C(F)(F)F)cc1. The highest BCUT2D eigenvalue weighted by molar-refractivity contribution is 7.46. The van der Waals surface area contributed by atoms with E-state index in [4.69, 9.17) is 14.5 Å². The van der Waals surface area contributed by atoms with Crippen molar-refractivity contribution in [1.29, 1.82) is 0 Å². The van der Waals surface area contributed by atoms with Gasteiger partial charge in [-0.05, 0) is 17.7 Å². The quantitative estimate of drug-likeness (QED) is 0.378. The molecular weight excluding hydrogens is 452 g/mol. The Labute approximate surface area is 170 Å². The molecule has 1 saturated heterocycles. The van der Waals surface area contributed by atoms with Crippen LogP contribution in [0.1, 0.15) is 11.8 Å². The molecule has 1 aromatic carbocycles. The van der Waals surface area contributed by atoms with Crippen molar-refractivity contribution in [1.82, 2.24) is 9.55 Å². The van der Waals surface area contributed by atoms with Gasteiger partial charge in [-0.3, -0.25) is 18.9 Å². The van der Waals surface area contributed by atoms with Crippen molar-refractivity contribution in [2.24, 2.45) is 0 Å². The molecule has 170 valence electrons. The highest BCUT2D eigenvalue weighted by atomic mass is 31.2. The molecule has 0 bridgehead atoms. The number of rotatable bonds is 5. The zero-order valence-electron chi connectivity index (χ0n) is 15.3. The highest BCUT2D eigenvalue weighted by Crippen LogP contribution is 2.38. The van der Waals surface area contributed by atoms with E-state index >= 15 is 0 Å². The van der Waals surface area contributed by atoms with Crippen LogP contribution in [0, 0.1) is 0 Å². The van der Waals surface area contributed by atoms with E-state index in [1.807, 2.05) is 4.98 Å². The maximum absolute atomic E-state index is 12.7. The molecule has 0 spiro atoms. The first-order valence-electron chi connectivity index (χ1n) is 8.53. The number of aromatic amines is 1. The molecule has 2 heterocycles. The molecule has 1 aliphatic heterocycles. The molecule has 31 heavy (non-hydrogen) atoms. The number of halogens is 3. The van der Waals surface area contributed by atoms with Gasteiger partial charge in [0.1, 0.15) is 18.3 Å². The van der Waals surface area contributed by atoms with Crippen molar-refractivity contribution in [3.63, 3.8) is 0 Å². The van der Waals surface area contributed by atoms with Crippen LogP contribution in [0.3, 0.4) is 0 Å². The van der Waals surface area contributed by atoms with E-state index in [-0.39, 0.29) is 11.1 Å². The average Bonchev–Trinajstić information content (AvgIpc) is 2.94. The number of benzene rings is 1. The van der Waals surface area contributed by atoms with E-state index in [0.717, 1.165) is 30.5 Å². The second-order valence-electron chi connectivity index (χ2n) is 6.62. The summed E-state index contributed by atoms with van der Waals surface area (Å²) in [6, 6.07) is 3.51. The van der Waals surface area contributed by atoms with Gasteiger partial charge in [-0.1, -0.05) is 12.1 Å². The molecule has 0 unspecified atom stereocenters. The van der Waals surface area contributed by atoms with Crippen LogP contribution in [-0.4, -0.2) is 54.5 Å². The molecule has 0 radical (unpaired) electrons. The van der Waals surface area contributed by atoms with Crippen molar-refractivity contribution >= 4 is 7.82 Å². The summed E-state index contributed by atoms with van der Waals surface area (Å²) in [4.78, 5) is 43.8. The fourth-order valence-corrected chi connectivity index (χ4v) is 3.33. The van der Waals surface area contributed by atoms with Crippen LogP contribution in [0.4, 0.5) is 13.2 Å². The molecule has 0 amide bonds. The van der Waals surface area contributed by atoms with Crippen molar-refractivity contribution in [2.75, 3.05) is 6.61 Å². The van der Waals surface area contributed by atoms with Gasteiger partial charge in [-0.15, -0.1) is 0 Å². The van der Waals surface area contributed by atoms with Gasteiger partial charge in [0.2, 0.25) is 0 Å². The smallest absolute Gasteiger partial charge is 0.387 e. The number of aliphatic hydroxyl groups excluding tert-OH is 2. The van der Waals surface area contributed by atoms with Crippen molar-refractivity contribution in [2.45, 2.75) is 30.7 Å². The molecule has 3 rings (SSSR count). The largest absolute Gasteiger partial charge is 0.469 e. The van der Waals surface area contributed by atoms with Crippen LogP contribution in [0.25, 0.3) is 11.1 Å². The molecular formula is C16H16F3N2O9P. The number of hydrogen-bond donors (Lipinski definition) is 5. The molecule has 11 nitrogen and oxygen atoms in total. The maximum Gasteiger partial charge on any atom is 0.469 e. The third-order valence-corrected chi connectivity index (χ3v) is 4.99. The number of hydrogen-bond acceptors (Lipinski definition) is 7. The Morgan fingerprint density at radius 1 is 1.13 bits per heavy atom. The summed E-state index contributed by atoms with van der Waals surface area (Å²) < 4.78 is 59.2. The van der Waals surface area contributed by atoms with Gasteiger partial charge in [0.05, 0.1) is 17.7 Å². The van der Waals surface area contributed by atoms with E-state index in [2.05, 4.69) is 4.52 Å². The number of H-pyrrole nitrogens is 1. The minimum Gasteiger partial charge on any atom is -0.387 e. The first-order valence-corrected chi connectivity index (χ1v) is 10.1. The summed E-state index contributed by atoms with van der Waals surface area (Å²) in [5.74, 6) is 0. The number of nitrogens with zero attached hydrogens (tertiary/aromatic N) is 1. The molecule has 5 N–H and O–H groups in total. The van der Waals surface area contributed by atoms with Crippen LogP contribution < -0.4 is 11.2 Å². The Morgan fingerprint density at radius 3 is 2.29 bits per heavy atom. The Morgan fingerprint density at radius 2 is 1.74 bits per heavy atom. The number of aromatic nitrogens is 2. The third kappa shape index (κ3) is 5.13. The number of ether oxygens (including phenoxy) is 1. The standard InChI is InChI=1S/C16H16F3N2O9P/c17-16(18,19)8-3-1-7(2-4-8)9-5-21(15(25)20-13(9)24)14-12(23)11(22)10(30-14)6-29-31(26,27)28/h1-5,10-12,14,22-23H,6H2,(H,20,24,25)(H2,26,27,28)/t10-,11-,12-,14-/m1/s1. The minimum atomic E-state index is -4.91. The van der Waals surface area contributed by atoms with E-state index in [0.29, 0.717) is 4.57 Å². The number of alkyl halides is 3. The predicted molar refractivity (Wildman–Crippen MR) is 95.7 cm³/mol. The molecule has 1 aliphatic rings. The lowest BCUT2D eigenvalue weighted by atomic mass is 10.1. The van der Waals surface area contributed by atoms with Gasteiger partial charge in [0.15, 0.2) is 6.23 Å². The normalized spacial score (nSPS) is 24.5. The van der Waals surface area contributed by atoms with Gasteiger partial charge >= 0.3 is 19.7 Å². The summed E-state index contributed by atoms with van der Waals surface area (Å²) in [5.41, 5.74) is -3.14. The first kappa shape index (κ1) is 23.3. The maximum atomic E-state index is 12.7. The molecule has 0 aliphatic carbocycles. The fourth-order valence-electron chi connectivity index (χ4n) is 2.99. The van der Waals surface area contributed by atoms with Crippen LogP contribution in [-0.2, 0) is 20.0 Å². The van der Waals surface area contributed by atoms with Crippen molar-refractivity contribution in [3.05, 3.63) is 56.9 Å². The second kappa shape index (κ2) is 8.31. The lowest BCUT2D eigenvalue weighted by Crippen LogP contribution is -2.38. The minimum absolute atomic E-state index is 0.0254. The number of phosphoric ester groups is 1. The molecule has 15 heteroatoms. The van der Waals surface area contributed by atoms with Gasteiger partial charge in [0.25, 0.3) is 5.56 Å². The number of aliphatic hydroxyl groups is 2. The summed E-state index contributed by atoms with van der Waals surface area (Å²) in [6.07, 6.45) is -10.1. The Kier molecular flexibility index (Phi) is 6.26. The molecule has 2 aromatic rings. The summed E-state index contributed by atoms with van der Waals surface area (Å²) in [6.45, 7) is -0.817. The molecule has 1 fully saturated rings. The lowest BCUT2D eigenvalue weighted by Gasteiger charge is -2.18. The Hall–Kier alpha value is -2.32. The van der Waals surface area contributed by atoms with Crippen LogP contribution >= 0.6 is 7.82 Å². The van der Waals surface area contributed by atoms with Gasteiger partial charge in [-0.2, -0.15) is 13.2 Å². The van der Waals surface area contributed by atoms with Crippen LogP contribution in [0.15, 0.2) is 40.1 Å². The summed E-state index contributed by atoms with van der Waals surface area (Å²) in [5, 5.41) is 20.2. The summed E-state index contributed by atoms with van der Waals surface area (Å²) >= 11 is 0. The zero-order chi connectivity index (χ0) is 23.1. The van der Waals surface area contributed by atoms with Crippen LogP contribution in [0.2, 0.25) is 0 Å². The van der Waals surface area contributed by atoms with E-state index in [1.54, 1.807) is 0 Å². The fraction of sp³-hybridized carbons (Fsp3) is 0.375. The molecule has 4 atom stereocenters. The lowest BCUT2D eigenvalue weighted by molar-refractivity contribution is -0.137.